The lowest BCUT2D eigenvalue weighted by molar-refractivity contribution is 0.0734. The monoisotopic (exact) mass is 488 g/mol. The molecule has 6 rings (SSSR count). The molecule has 0 bridgehead atoms. The van der Waals surface area contributed by atoms with E-state index < -0.39 is 0 Å². The highest BCUT2D eigenvalue weighted by Crippen LogP contribution is 2.33. The highest BCUT2D eigenvalue weighted by molar-refractivity contribution is 6.03. The van der Waals surface area contributed by atoms with E-state index in [4.69, 9.17) is 0 Å². The van der Waals surface area contributed by atoms with Crippen LogP contribution in [0.5, 0.6) is 5.75 Å². The first-order chi connectivity index (χ1) is 17.6. The zero-order valence-corrected chi connectivity index (χ0v) is 20.3. The van der Waals surface area contributed by atoms with E-state index in [9.17, 15) is 14.7 Å². The lowest BCUT2D eigenvalue weighted by Crippen LogP contribution is -2.46. The molecule has 36 heavy (non-hydrogen) atoms. The Labute approximate surface area is 209 Å². The summed E-state index contributed by atoms with van der Waals surface area (Å²) in [5.74, 6) is 0.466. The van der Waals surface area contributed by atoms with E-state index in [1.807, 2.05) is 23.1 Å². The number of aromatic nitrogens is 2. The molecule has 2 amide bonds. The number of carbonyl (C=O) groups excluding carboxylic acids is 2. The molecule has 2 fully saturated rings. The van der Waals surface area contributed by atoms with E-state index in [-0.39, 0.29) is 23.1 Å². The van der Waals surface area contributed by atoms with Gasteiger partial charge in [-0.2, -0.15) is 5.10 Å². The Morgan fingerprint density at radius 2 is 1.72 bits per heavy atom. The molecule has 1 saturated heterocycles. The fraction of sp³-hybridized carbons (Fsp3) is 0.444. The number of aromatic hydroxyl groups is 1. The number of nitrogens with one attached hydrogen (secondary N) is 3. The molecule has 0 spiro atoms. The Bertz CT molecular complexity index is 1310. The van der Waals surface area contributed by atoms with Crippen molar-refractivity contribution in [2.75, 3.05) is 31.5 Å². The first kappa shape index (κ1) is 22.8. The highest BCUT2D eigenvalue weighted by Gasteiger charge is 2.28. The summed E-state index contributed by atoms with van der Waals surface area (Å²) >= 11 is 0. The molecule has 2 aliphatic heterocycles. The number of hydrogen-bond acceptors (Lipinski definition) is 6. The van der Waals surface area contributed by atoms with Crippen molar-refractivity contribution in [1.29, 1.82) is 0 Å². The lowest BCUT2D eigenvalue weighted by atomic mass is 9.95. The van der Waals surface area contributed by atoms with Crippen molar-refractivity contribution in [3.63, 3.8) is 0 Å². The minimum Gasteiger partial charge on any atom is -0.507 e. The third-order valence-corrected chi connectivity index (χ3v) is 7.72. The summed E-state index contributed by atoms with van der Waals surface area (Å²) < 4.78 is 0. The molecule has 4 N–H and O–H groups in total. The summed E-state index contributed by atoms with van der Waals surface area (Å²) in [5.41, 5.74) is 3.63. The molecular formula is C27H32N6O3. The zero-order valence-electron chi connectivity index (χ0n) is 20.3. The van der Waals surface area contributed by atoms with E-state index in [0.29, 0.717) is 43.3 Å². The summed E-state index contributed by atoms with van der Waals surface area (Å²) in [6.45, 7) is 3.88. The van der Waals surface area contributed by atoms with E-state index in [0.717, 1.165) is 48.3 Å². The third kappa shape index (κ3) is 4.28. The number of anilines is 1. The van der Waals surface area contributed by atoms with Gasteiger partial charge in [0.05, 0.1) is 11.1 Å². The second kappa shape index (κ2) is 9.46. The van der Waals surface area contributed by atoms with Crippen LogP contribution < -0.4 is 10.6 Å². The second-order valence-corrected chi connectivity index (χ2v) is 10.2. The molecule has 9 heteroatoms. The fourth-order valence-electron chi connectivity index (χ4n) is 5.67. The maximum Gasteiger partial charge on any atom is 0.258 e. The van der Waals surface area contributed by atoms with Gasteiger partial charge in [0.25, 0.3) is 11.8 Å². The minimum absolute atomic E-state index is 0.0325. The molecule has 2 aromatic carbocycles. The molecule has 3 aromatic rings. The Morgan fingerprint density at radius 1 is 0.944 bits per heavy atom. The van der Waals surface area contributed by atoms with E-state index in [1.54, 1.807) is 17.0 Å². The highest BCUT2D eigenvalue weighted by atomic mass is 16.3. The van der Waals surface area contributed by atoms with Crippen LogP contribution in [-0.4, -0.2) is 69.1 Å². The molecule has 1 aliphatic carbocycles. The Kier molecular flexibility index (Phi) is 6.00. The Hall–Kier alpha value is -3.59. The summed E-state index contributed by atoms with van der Waals surface area (Å²) in [6, 6.07) is 9.42. The van der Waals surface area contributed by atoms with E-state index in [1.165, 1.54) is 19.3 Å². The van der Waals surface area contributed by atoms with Gasteiger partial charge in [0, 0.05) is 62.3 Å². The van der Waals surface area contributed by atoms with Crippen LogP contribution in [0.1, 0.15) is 63.9 Å². The van der Waals surface area contributed by atoms with Crippen LogP contribution in [0.2, 0.25) is 0 Å². The summed E-state index contributed by atoms with van der Waals surface area (Å²) in [4.78, 5) is 30.0. The van der Waals surface area contributed by atoms with Gasteiger partial charge in [-0.1, -0.05) is 25.3 Å². The number of nitrogens with zero attached hydrogens (tertiary/aromatic N) is 3. The second-order valence-electron chi connectivity index (χ2n) is 10.2. The first-order valence-corrected chi connectivity index (χ1v) is 13.0. The summed E-state index contributed by atoms with van der Waals surface area (Å²) in [7, 11) is 0. The molecule has 1 saturated carbocycles. The number of aromatic amines is 1. The number of phenols is 1. The number of rotatable bonds is 4. The summed E-state index contributed by atoms with van der Waals surface area (Å²) in [6.07, 6.45) is 5.92. The van der Waals surface area contributed by atoms with Gasteiger partial charge >= 0.3 is 0 Å². The molecule has 3 aliphatic rings. The molecule has 0 radical (unpaired) electrons. The van der Waals surface area contributed by atoms with Crippen LogP contribution in [0.4, 0.5) is 5.82 Å². The number of amides is 2. The van der Waals surface area contributed by atoms with Gasteiger partial charge in [-0.3, -0.25) is 14.7 Å². The van der Waals surface area contributed by atoms with Gasteiger partial charge in [-0.05, 0) is 42.2 Å². The van der Waals surface area contributed by atoms with Crippen LogP contribution >= 0.6 is 0 Å². The average molecular weight is 489 g/mol. The number of H-pyrrole nitrogens is 1. The molecule has 9 nitrogen and oxygen atoms in total. The number of hydrogen-bond donors (Lipinski definition) is 4. The SMILES string of the molecule is O=C(c1ccc2c(c1)CN(C(=O)c1cc3c(NC4CCCCC4)n[nH]c3cc1O)C2)N1CCNCC1. The van der Waals surface area contributed by atoms with Gasteiger partial charge < -0.3 is 25.5 Å². The van der Waals surface area contributed by atoms with E-state index in [2.05, 4.69) is 20.8 Å². The number of phenolic OH excluding ortho intramolecular Hbond substituents is 1. The largest absolute Gasteiger partial charge is 0.507 e. The van der Waals surface area contributed by atoms with Crippen molar-refractivity contribution in [2.45, 2.75) is 51.2 Å². The number of benzene rings is 2. The van der Waals surface area contributed by atoms with Crippen molar-refractivity contribution in [2.24, 2.45) is 0 Å². The predicted octanol–water partition coefficient (Wildman–Crippen LogP) is 3.21. The van der Waals surface area contributed by atoms with Gasteiger partial charge in [0.15, 0.2) is 5.82 Å². The molecule has 3 heterocycles. The third-order valence-electron chi connectivity index (χ3n) is 7.72. The van der Waals surface area contributed by atoms with Crippen LogP contribution in [0.15, 0.2) is 30.3 Å². The van der Waals surface area contributed by atoms with Gasteiger partial charge in [0.1, 0.15) is 5.75 Å². The number of fused-ring (bicyclic) bond motifs is 2. The minimum atomic E-state index is -0.231. The lowest BCUT2D eigenvalue weighted by Gasteiger charge is -2.27. The smallest absolute Gasteiger partial charge is 0.258 e. The topological polar surface area (TPSA) is 114 Å². The van der Waals surface area contributed by atoms with Crippen LogP contribution in [0.3, 0.4) is 0 Å². The van der Waals surface area contributed by atoms with E-state index >= 15 is 0 Å². The van der Waals surface area contributed by atoms with Gasteiger partial charge in [0.2, 0.25) is 0 Å². The van der Waals surface area contributed by atoms with Crippen molar-refractivity contribution in [3.05, 3.63) is 52.6 Å². The summed E-state index contributed by atoms with van der Waals surface area (Å²) in [5, 5.41) is 25.7. The number of piperazine rings is 1. The Morgan fingerprint density at radius 3 is 2.53 bits per heavy atom. The van der Waals surface area contributed by atoms with Crippen molar-refractivity contribution < 1.29 is 14.7 Å². The maximum atomic E-state index is 13.5. The fourth-order valence-corrected chi connectivity index (χ4v) is 5.67. The maximum absolute atomic E-state index is 13.5. The van der Waals surface area contributed by atoms with Crippen LogP contribution in [-0.2, 0) is 13.1 Å². The molecular weight excluding hydrogens is 456 g/mol. The molecule has 188 valence electrons. The molecule has 0 unspecified atom stereocenters. The quantitative estimate of drug-likeness (QED) is 0.449. The van der Waals surface area contributed by atoms with Gasteiger partial charge in [-0.15, -0.1) is 0 Å². The predicted molar refractivity (Wildman–Crippen MR) is 137 cm³/mol. The van der Waals surface area contributed by atoms with Gasteiger partial charge in [-0.25, -0.2) is 0 Å². The zero-order chi connectivity index (χ0) is 24.6. The van der Waals surface area contributed by atoms with Crippen LogP contribution in [0.25, 0.3) is 10.9 Å². The number of carbonyl (C=O) groups is 2. The Balaban J connectivity index is 1.21. The standard InChI is InChI=1S/C27H32N6O3/c34-24-14-23-21(25(31-30-23)29-20-4-2-1-3-5-20)13-22(24)27(36)33-15-18-7-6-17(12-19(18)16-33)26(35)32-10-8-28-9-11-32/h6-7,12-14,20,28,34H,1-5,8-11,15-16H2,(H2,29,30,31). The normalized spacial score (nSPS) is 18.4. The van der Waals surface area contributed by atoms with Crippen molar-refractivity contribution in [3.8, 4) is 5.75 Å². The molecule has 0 atom stereocenters. The van der Waals surface area contributed by atoms with Crippen LogP contribution in [0, 0.1) is 0 Å². The first-order valence-electron chi connectivity index (χ1n) is 13.0. The van der Waals surface area contributed by atoms with Crippen molar-refractivity contribution >= 4 is 28.5 Å². The van der Waals surface area contributed by atoms with Crippen molar-refractivity contribution in [1.82, 2.24) is 25.3 Å². The molecule has 1 aromatic heterocycles. The average Bonchev–Trinajstić information content (AvgIpc) is 3.52.